The molecule has 2 heterocycles. The maximum absolute atomic E-state index is 14.9. The second-order valence-electron chi connectivity index (χ2n) is 7.72. The van der Waals surface area contributed by atoms with Crippen molar-refractivity contribution in [1.29, 1.82) is 0 Å². The van der Waals surface area contributed by atoms with E-state index in [4.69, 9.17) is 0 Å². The standard InChI is InChI=1S/C22H23FN4O2.ClH/c1-13(2)12-27-22(29)17-6-4-3-5-16(17)20(26-27)21(28)25-18-8-7-14-11-24-10-9-15(14)19(18)23;/h3-8,13,24H,9-12H2,1-2H3,(H,25,28);1H. The summed E-state index contributed by atoms with van der Waals surface area (Å²) in [7, 11) is 0. The number of aromatic nitrogens is 2. The van der Waals surface area contributed by atoms with E-state index >= 15 is 0 Å². The fourth-order valence-corrected chi connectivity index (χ4v) is 3.68. The summed E-state index contributed by atoms with van der Waals surface area (Å²) < 4.78 is 16.3. The number of hydrogen-bond acceptors (Lipinski definition) is 4. The Balaban J connectivity index is 0.00000256. The molecule has 4 rings (SSSR count). The van der Waals surface area contributed by atoms with E-state index in [0.717, 1.165) is 5.56 Å². The van der Waals surface area contributed by atoms with Gasteiger partial charge in [0.1, 0.15) is 5.82 Å². The third kappa shape index (κ3) is 4.08. The van der Waals surface area contributed by atoms with Gasteiger partial charge in [-0.1, -0.05) is 38.1 Å². The topological polar surface area (TPSA) is 76.0 Å². The summed E-state index contributed by atoms with van der Waals surface area (Å²) in [4.78, 5) is 25.7. The van der Waals surface area contributed by atoms with E-state index in [-0.39, 0.29) is 35.3 Å². The van der Waals surface area contributed by atoms with Gasteiger partial charge >= 0.3 is 0 Å². The average Bonchev–Trinajstić information content (AvgIpc) is 2.72. The zero-order valence-corrected chi connectivity index (χ0v) is 17.7. The molecule has 0 saturated heterocycles. The highest BCUT2D eigenvalue weighted by Gasteiger charge is 2.21. The summed E-state index contributed by atoms with van der Waals surface area (Å²) in [6, 6.07) is 10.3. The number of anilines is 1. The van der Waals surface area contributed by atoms with Crippen molar-refractivity contribution in [2.24, 2.45) is 5.92 Å². The van der Waals surface area contributed by atoms with Crippen LogP contribution in [-0.2, 0) is 19.5 Å². The van der Waals surface area contributed by atoms with Crippen molar-refractivity contribution in [3.8, 4) is 0 Å². The van der Waals surface area contributed by atoms with E-state index in [1.807, 2.05) is 19.9 Å². The Hall–Kier alpha value is -2.77. The molecule has 0 unspecified atom stereocenters. The van der Waals surface area contributed by atoms with Gasteiger partial charge in [-0.3, -0.25) is 9.59 Å². The maximum Gasteiger partial charge on any atom is 0.276 e. The van der Waals surface area contributed by atoms with Crippen LogP contribution in [0.2, 0.25) is 0 Å². The van der Waals surface area contributed by atoms with Crippen molar-refractivity contribution in [3.63, 3.8) is 0 Å². The van der Waals surface area contributed by atoms with Crippen LogP contribution in [0.3, 0.4) is 0 Å². The molecule has 0 aliphatic carbocycles. The van der Waals surface area contributed by atoms with E-state index in [0.29, 0.717) is 42.4 Å². The van der Waals surface area contributed by atoms with Crippen molar-refractivity contribution in [3.05, 3.63) is 69.4 Å². The van der Waals surface area contributed by atoms with Crippen molar-refractivity contribution in [2.45, 2.75) is 33.4 Å². The molecule has 0 fully saturated rings. The summed E-state index contributed by atoms with van der Waals surface area (Å²) >= 11 is 0. The van der Waals surface area contributed by atoms with E-state index in [1.54, 1.807) is 30.3 Å². The number of benzene rings is 2. The van der Waals surface area contributed by atoms with Gasteiger partial charge in [0.05, 0.1) is 11.1 Å². The molecule has 158 valence electrons. The smallest absolute Gasteiger partial charge is 0.276 e. The van der Waals surface area contributed by atoms with Crippen LogP contribution in [0, 0.1) is 11.7 Å². The Labute approximate surface area is 179 Å². The second-order valence-corrected chi connectivity index (χ2v) is 7.72. The first-order chi connectivity index (χ1) is 14.0. The molecule has 1 aromatic heterocycles. The second kappa shape index (κ2) is 8.93. The van der Waals surface area contributed by atoms with Crippen LogP contribution >= 0.6 is 12.4 Å². The Morgan fingerprint density at radius 2 is 1.97 bits per heavy atom. The van der Waals surface area contributed by atoms with Crippen LogP contribution in [0.5, 0.6) is 0 Å². The lowest BCUT2D eigenvalue weighted by Gasteiger charge is -2.19. The summed E-state index contributed by atoms with van der Waals surface area (Å²) in [5, 5.41) is 11.1. The molecule has 0 radical (unpaired) electrons. The van der Waals surface area contributed by atoms with Gasteiger partial charge in [-0.15, -0.1) is 12.4 Å². The van der Waals surface area contributed by atoms with Gasteiger partial charge in [-0.05, 0) is 42.1 Å². The van der Waals surface area contributed by atoms with Gasteiger partial charge in [0, 0.05) is 18.5 Å². The third-order valence-electron chi connectivity index (χ3n) is 5.08. The molecule has 1 aliphatic heterocycles. The SMILES string of the molecule is CC(C)Cn1nc(C(=O)Nc2ccc3c(c2F)CCNC3)c2ccccc2c1=O.Cl. The molecule has 6 nitrogen and oxygen atoms in total. The minimum absolute atomic E-state index is 0. The van der Waals surface area contributed by atoms with Crippen LogP contribution in [0.4, 0.5) is 10.1 Å². The number of rotatable bonds is 4. The zero-order chi connectivity index (χ0) is 20.5. The Morgan fingerprint density at radius 1 is 1.23 bits per heavy atom. The van der Waals surface area contributed by atoms with E-state index in [1.165, 1.54) is 4.68 Å². The number of carbonyl (C=O) groups is 1. The number of amides is 1. The molecular formula is C22H24ClFN4O2. The van der Waals surface area contributed by atoms with Gasteiger partial charge in [0.2, 0.25) is 0 Å². The predicted molar refractivity (Wildman–Crippen MR) is 118 cm³/mol. The van der Waals surface area contributed by atoms with Crippen LogP contribution in [0.1, 0.15) is 35.5 Å². The highest BCUT2D eigenvalue weighted by Crippen LogP contribution is 2.25. The lowest BCUT2D eigenvalue weighted by atomic mass is 9.99. The normalized spacial score (nSPS) is 13.1. The molecule has 0 bridgehead atoms. The van der Waals surface area contributed by atoms with Gasteiger partial charge in [-0.2, -0.15) is 5.10 Å². The van der Waals surface area contributed by atoms with Crippen LogP contribution in [0.25, 0.3) is 10.8 Å². The molecule has 1 amide bonds. The fourth-order valence-electron chi connectivity index (χ4n) is 3.68. The average molecular weight is 431 g/mol. The lowest BCUT2D eigenvalue weighted by Crippen LogP contribution is -2.29. The van der Waals surface area contributed by atoms with Gasteiger partial charge in [0.15, 0.2) is 5.69 Å². The molecule has 0 atom stereocenters. The largest absolute Gasteiger partial charge is 0.318 e. The molecular weight excluding hydrogens is 407 g/mol. The molecule has 0 saturated carbocycles. The summed E-state index contributed by atoms with van der Waals surface area (Å²) in [5.74, 6) is -0.757. The lowest BCUT2D eigenvalue weighted by molar-refractivity contribution is 0.102. The summed E-state index contributed by atoms with van der Waals surface area (Å²) in [6.07, 6.45) is 0.575. The Morgan fingerprint density at radius 3 is 2.70 bits per heavy atom. The van der Waals surface area contributed by atoms with Crippen LogP contribution in [-0.4, -0.2) is 22.2 Å². The molecule has 2 N–H and O–H groups in total. The minimum atomic E-state index is -0.536. The van der Waals surface area contributed by atoms with Crippen molar-refractivity contribution < 1.29 is 9.18 Å². The van der Waals surface area contributed by atoms with Crippen molar-refractivity contribution in [2.75, 3.05) is 11.9 Å². The number of fused-ring (bicyclic) bond motifs is 2. The van der Waals surface area contributed by atoms with Crippen LogP contribution in [0.15, 0.2) is 41.2 Å². The molecule has 2 aromatic carbocycles. The summed E-state index contributed by atoms with van der Waals surface area (Å²) in [5.41, 5.74) is 1.53. The predicted octanol–water partition coefficient (Wildman–Crippen LogP) is 3.51. The monoisotopic (exact) mass is 430 g/mol. The zero-order valence-electron chi connectivity index (χ0n) is 16.9. The minimum Gasteiger partial charge on any atom is -0.318 e. The molecule has 30 heavy (non-hydrogen) atoms. The number of nitrogens with zero attached hydrogens (tertiary/aromatic N) is 2. The maximum atomic E-state index is 14.9. The first-order valence-corrected chi connectivity index (χ1v) is 9.78. The third-order valence-corrected chi connectivity index (χ3v) is 5.08. The molecule has 8 heteroatoms. The van der Waals surface area contributed by atoms with Gasteiger partial charge in [-0.25, -0.2) is 9.07 Å². The first-order valence-electron chi connectivity index (χ1n) is 9.78. The highest BCUT2D eigenvalue weighted by molar-refractivity contribution is 6.11. The number of hydrogen-bond donors (Lipinski definition) is 2. The van der Waals surface area contributed by atoms with E-state index < -0.39 is 11.7 Å². The molecule has 3 aromatic rings. The van der Waals surface area contributed by atoms with Gasteiger partial charge in [0.25, 0.3) is 11.5 Å². The molecule has 0 spiro atoms. The van der Waals surface area contributed by atoms with Gasteiger partial charge < -0.3 is 10.6 Å². The van der Waals surface area contributed by atoms with Crippen molar-refractivity contribution in [1.82, 2.24) is 15.1 Å². The Kier molecular flexibility index (Phi) is 6.53. The number of nitrogens with one attached hydrogen (secondary N) is 2. The fraction of sp³-hybridized carbons (Fsp3) is 0.318. The number of carbonyl (C=O) groups excluding carboxylic acids is 1. The highest BCUT2D eigenvalue weighted by atomic mass is 35.5. The molecule has 1 aliphatic rings. The summed E-state index contributed by atoms with van der Waals surface area (Å²) in [6.45, 7) is 5.66. The number of halogens is 2. The van der Waals surface area contributed by atoms with Crippen molar-refractivity contribution >= 4 is 34.8 Å². The van der Waals surface area contributed by atoms with Crippen LogP contribution < -0.4 is 16.2 Å². The van der Waals surface area contributed by atoms with E-state index in [2.05, 4.69) is 15.7 Å². The van der Waals surface area contributed by atoms with E-state index in [9.17, 15) is 14.0 Å². The first kappa shape index (κ1) is 21.9. The Bertz CT molecular complexity index is 1160. The quantitative estimate of drug-likeness (QED) is 0.664.